The van der Waals surface area contributed by atoms with Gasteiger partial charge in [0, 0.05) is 32.8 Å². The van der Waals surface area contributed by atoms with Gasteiger partial charge in [-0.25, -0.2) is 0 Å². The zero-order chi connectivity index (χ0) is 18.4. The Morgan fingerprint density at radius 1 is 1.04 bits per heavy atom. The average Bonchev–Trinajstić information content (AvgIpc) is 2.69. The van der Waals surface area contributed by atoms with Crippen LogP contribution in [0.5, 0.6) is 0 Å². The second-order valence-electron chi connectivity index (χ2n) is 7.32. The predicted molar refractivity (Wildman–Crippen MR) is 101 cm³/mol. The molecule has 26 heavy (non-hydrogen) atoms. The van der Waals surface area contributed by atoms with E-state index in [9.17, 15) is 9.59 Å². The van der Waals surface area contributed by atoms with E-state index in [-0.39, 0.29) is 17.7 Å². The van der Waals surface area contributed by atoms with Crippen molar-refractivity contribution < 1.29 is 14.3 Å². The summed E-state index contributed by atoms with van der Waals surface area (Å²) in [4.78, 5) is 29.4. The Labute approximate surface area is 156 Å². The first kappa shape index (κ1) is 18.9. The Hall–Kier alpha value is -1.88. The molecule has 2 saturated heterocycles. The summed E-state index contributed by atoms with van der Waals surface area (Å²) in [5.41, 5.74) is 1.03. The van der Waals surface area contributed by atoms with Crippen LogP contribution in [0.25, 0.3) is 0 Å². The van der Waals surface area contributed by atoms with E-state index in [1.54, 1.807) is 0 Å². The predicted octanol–water partition coefficient (Wildman–Crippen LogP) is 2.50. The van der Waals surface area contributed by atoms with Gasteiger partial charge in [-0.2, -0.15) is 0 Å². The fourth-order valence-corrected chi connectivity index (χ4v) is 4.02. The van der Waals surface area contributed by atoms with E-state index in [1.807, 2.05) is 47.1 Å². The second kappa shape index (κ2) is 9.17. The molecule has 1 aromatic rings. The Kier molecular flexibility index (Phi) is 6.67. The number of rotatable bonds is 5. The van der Waals surface area contributed by atoms with Crippen LogP contribution in [0.1, 0.15) is 38.2 Å². The molecule has 1 atom stereocenters. The van der Waals surface area contributed by atoms with Gasteiger partial charge in [0.2, 0.25) is 11.8 Å². The lowest BCUT2D eigenvalue weighted by atomic mass is 9.94. The van der Waals surface area contributed by atoms with Crippen molar-refractivity contribution in [1.82, 2.24) is 9.80 Å². The van der Waals surface area contributed by atoms with Gasteiger partial charge in [-0.05, 0) is 38.2 Å². The lowest BCUT2D eigenvalue weighted by molar-refractivity contribution is -0.142. The molecular formula is C21H30N2O3. The normalized spacial score (nSPS) is 21.7. The maximum Gasteiger partial charge on any atom is 0.227 e. The van der Waals surface area contributed by atoms with Crippen molar-refractivity contribution in [3.05, 3.63) is 35.9 Å². The number of carbonyl (C=O) groups is 2. The minimum atomic E-state index is -0.0490. The summed E-state index contributed by atoms with van der Waals surface area (Å²) in [5, 5.41) is 0. The molecule has 0 radical (unpaired) electrons. The van der Waals surface area contributed by atoms with Crippen molar-refractivity contribution >= 4 is 11.8 Å². The van der Waals surface area contributed by atoms with Crippen molar-refractivity contribution in [2.24, 2.45) is 5.92 Å². The SMILES string of the molecule is CCOC1CCN(C(=O)C2CCCN(C(=O)Cc3ccccc3)C2)CC1. The fraction of sp³-hybridized carbons (Fsp3) is 0.619. The third-order valence-electron chi connectivity index (χ3n) is 5.48. The molecule has 5 heteroatoms. The molecule has 0 saturated carbocycles. The Morgan fingerprint density at radius 2 is 1.77 bits per heavy atom. The summed E-state index contributed by atoms with van der Waals surface area (Å²) in [5.74, 6) is 0.299. The van der Waals surface area contributed by atoms with Gasteiger partial charge >= 0.3 is 0 Å². The Bertz CT molecular complexity index is 597. The summed E-state index contributed by atoms with van der Waals surface area (Å²) < 4.78 is 5.67. The molecule has 0 aliphatic carbocycles. The number of ether oxygens (including phenoxy) is 1. The number of likely N-dealkylation sites (tertiary alicyclic amines) is 2. The molecule has 2 amide bonds. The molecule has 0 bridgehead atoms. The molecule has 1 aromatic carbocycles. The van der Waals surface area contributed by atoms with Crippen LogP contribution in [-0.4, -0.2) is 60.5 Å². The van der Waals surface area contributed by atoms with E-state index < -0.39 is 0 Å². The minimum Gasteiger partial charge on any atom is -0.378 e. The van der Waals surface area contributed by atoms with Gasteiger partial charge in [0.15, 0.2) is 0 Å². The van der Waals surface area contributed by atoms with Gasteiger partial charge in [0.25, 0.3) is 0 Å². The molecule has 2 heterocycles. The highest BCUT2D eigenvalue weighted by atomic mass is 16.5. The molecule has 0 spiro atoms. The molecular weight excluding hydrogens is 328 g/mol. The van der Waals surface area contributed by atoms with Gasteiger partial charge in [-0.1, -0.05) is 30.3 Å². The molecule has 142 valence electrons. The number of amides is 2. The third-order valence-corrected chi connectivity index (χ3v) is 5.48. The van der Waals surface area contributed by atoms with Crippen LogP contribution in [-0.2, 0) is 20.7 Å². The summed E-state index contributed by atoms with van der Waals surface area (Å²) in [6.07, 6.45) is 4.35. The number of hydrogen-bond donors (Lipinski definition) is 0. The molecule has 2 fully saturated rings. The summed E-state index contributed by atoms with van der Waals surface area (Å²) in [6.45, 7) is 5.63. The minimum absolute atomic E-state index is 0.0490. The van der Waals surface area contributed by atoms with E-state index >= 15 is 0 Å². The van der Waals surface area contributed by atoms with Gasteiger partial charge in [-0.15, -0.1) is 0 Å². The van der Waals surface area contributed by atoms with Crippen LogP contribution in [0.3, 0.4) is 0 Å². The molecule has 0 N–H and O–H groups in total. The summed E-state index contributed by atoms with van der Waals surface area (Å²) >= 11 is 0. The van der Waals surface area contributed by atoms with Crippen LogP contribution in [0.4, 0.5) is 0 Å². The number of nitrogens with zero attached hydrogens (tertiary/aromatic N) is 2. The Balaban J connectivity index is 1.51. The van der Waals surface area contributed by atoms with E-state index in [2.05, 4.69) is 0 Å². The van der Waals surface area contributed by atoms with Gasteiger partial charge < -0.3 is 14.5 Å². The van der Waals surface area contributed by atoms with Crippen LogP contribution in [0, 0.1) is 5.92 Å². The van der Waals surface area contributed by atoms with E-state index in [0.717, 1.165) is 57.5 Å². The van der Waals surface area contributed by atoms with E-state index in [0.29, 0.717) is 19.1 Å². The fourth-order valence-electron chi connectivity index (χ4n) is 4.02. The first-order chi connectivity index (χ1) is 12.7. The molecule has 1 unspecified atom stereocenters. The lowest BCUT2D eigenvalue weighted by Gasteiger charge is -2.37. The highest BCUT2D eigenvalue weighted by Gasteiger charge is 2.32. The second-order valence-corrected chi connectivity index (χ2v) is 7.32. The Morgan fingerprint density at radius 3 is 2.46 bits per heavy atom. The van der Waals surface area contributed by atoms with Crippen LogP contribution in [0.15, 0.2) is 30.3 Å². The van der Waals surface area contributed by atoms with E-state index in [1.165, 1.54) is 0 Å². The van der Waals surface area contributed by atoms with Gasteiger partial charge in [0.1, 0.15) is 0 Å². The quantitative estimate of drug-likeness (QED) is 0.813. The maximum absolute atomic E-state index is 12.9. The number of carbonyl (C=O) groups excluding carboxylic acids is 2. The largest absolute Gasteiger partial charge is 0.378 e. The average molecular weight is 358 g/mol. The van der Waals surface area contributed by atoms with Crippen molar-refractivity contribution in [2.75, 3.05) is 32.8 Å². The molecule has 0 aromatic heterocycles. The zero-order valence-electron chi connectivity index (χ0n) is 15.7. The molecule has 5 nitrogen and oxygen atoms in total. The van der Waals surface area contributed by atoms with Crippen molar-refractivity contribution in [3.63, 3.8) is 0 Å². The van der Waals surface area contributed by atoms with E-state index in [4.69, 9.17) is 4.74 Å². The van der Waals surface area contributed by atoms with Crippen molar-refractivity contribution in [1.29, 1.82) is 0 Å². The molecule has 3 rings (SSSR count). The number of hydrogen-bond acceptors (Lipinski definition) is 3. The first-order valence-corrected chi connectivity index (χ1v) is 9.89. The topological polar surface area (TPSA) is 49.9 Å². The first-order valence-electron chi connectivity index (χ1n) is 9.89. The number of piperidine rings is 2. The summed E-state index contributed by atoms with van der Waals surface area (Å²) in [7, 11) is 0. The lowest BCUT2D eigenvalue weighted by Crippen LogP contribution is -2.49. The summed E-state index contributed by atoms with van der Waals surface area (Å²) in [6, 6.07) is 9.83. The van der Waals surface area contributed by atoms with Crippen molar-refractivity contribution in [2.45, 2.75) is 45.1 Å². The highest BCUT2D eigenvalue weighted by Crippen LogP contribution is 2.22. The molecule has 2 aliphatic heterocycles. The highest BCUT2D eigenvalue weighted by molar-refractivity contribution is 5.82. The zero-order valence-corrected chi connectivity index (χ0v) is 15.7. The van der Waals surface area contributed by atoms with Crippen molar-refractivity contribution in [3.8, 4) is 0 Å². The maximum atomic E-state index is 12.9. The van der Waals surface area contributed by atoms with Crippen LogP contribution in [0.2, 0.25) is 0 Å². The standard InChI is InChI=1S/C21H30N2O3/c1-2-26-19-10-13-22(14-11-19)21(25)18-9-6-12-23(16-18)20(24)15-17-7-4-3-5-8-17/h3-5,7-8,18-19H,2,6,9-16H2,1H3. The molecule has 2 aliphatic rings. The van der Waals surface area contributed by atoms with Gasteiger partial charge in [-0.3, -0.25) is 9.59 Å². The van der Waals surface area contributed by atoms with Crippen LogP contribution >= 0.6 is 0 Å². The monoisotopic (exact) mass is 358 g/mol. The smallest absolute Gasteiger partial charge is 0.227 e. The van der Waals surface area contributed by atoms with Crippen LogP contribution < -0.4 is 0 Å². The number of benzene rings is 1. The van der Waals surface area contributed by atoms with Gasteiger partial charge in [0.05, 0.1) is 18.4 Å². The third kappa shape index (κ3) is 4.85.